The van der Waals surface area contributed by atoms with Crippen molar-refractivity contribution in [2.45, 2.75) is 13.7 Å². The van der Waals surface area contributed by atoms with E-state index in [2.05, 4.69) is 20.3 Å². The minimum Gasteiger partial charge on any atom is -0.409 e. The number of amidine groups is 1. The highest BCUT2D eigenvalue weighted by molar-refractivity contribution is 8.03. The molecule has 2 rings (SSSR count). The van der Waals surface area contributed by atoms with E-state index >= 15 is 0 Å². The molecule has 0 aliphatic heterocycles. The van der Waals surface area contributed by atoms with E-state index < -0.39 is 4.92 Å². The summed E-state index contributed by atoms with van der Waals surface area (Å²) in [6, 6.07) is 1.20. The van der Waals surface area contributed by atoms with Gasteiger partial charge in [0.15, 0.2) is 14.5 Å². The predicted molar refractivity (Wildman–Crippen MR) is 79.2 cm³/mol. The highest BCUT2D eigenvalue weighted by Gasteiger charge is 2.18. The molecule has 12 heteroatoms. The number of pyridine rings is 1. The summed E-state index contributed by atoms with van der Waals surface area (Å²) in [5.74, 6) is -0.261. The lowest BCUT2D eigenvalue weighted by Crippen LogP contribution is -2.15. The fourth-order valence-corrected chi connectivity index (χ4v) is 3.69. The van der Waals surface area contributed by atoms with Gasteiger partial charge in [0.05, 0.1) is 10.5 Å². The van der Waals surface area contributed by atoms with Gasteiger partial charge in [-0.15, -0.1) is 10.2 Å². The van der Waals surface area contributed by atoms with Crippen LogP contribution < -0.4 is 5.73 Å². The minimum absolute atomic E-state index is 0.164. The smallest absolute Gasteiger partial charge is 0.288 e. The van der Waals surface area contributed by atoms with E-state index in [1.165, 1.54) is 29.2 Å². The van der Waals surface area contributed by atoms with Gasteiger partial charge in [-0.05, 0) is 18.0 Å². The summed E-state index contributed by atoms with van der Waals surface area (Å²) in [5, 5.41) is 30.7. The summed E-state index contributed by atoms with van der Waals surface area (Å²) in [4.78, 5) is 14.1. The zero-order valence-electron chi connectivity index (χ0n) is 10.5. The van der Waals surface area contributed by atoms with Crippen LogP contribution in [0.25, 0.3) is 0 Å². The quantitative estimate of drug-likeness (QED) is 0.207. The maximum absolute atomic E-state index is 10.8. The molecule has 0 radical (unpaired) electrons. The van der Waals surface area contributed by atoms with E-state index in [1.54, 1.807) is 0 Å². The molecule has 0 aliphatic carbocycles. The summed E-state index contributed by atoms with van der Waals surface area (Å²) in [5.41, 5.74) is 5.45. The van der Waals surface area contributed by atoms with E-state index in [9.17, 15) is 10.1 Å². The third-order valence-corrected chi connectivity index (χ3v) is 5.15. The summed E-state index contributed by atoms with van der Waals surface area (Å²) in [6.45, 7) is 0. The molecule has 0 unspecified atom stereocenters. The van der Waals surface area contributed by atoms with Crippen molar-refractivity contribution in [1.82, 2.24) is 15.2 Å². The fourth-order valence-electron chi connectivity index (χ4n) is 1.26. The van der Waals surface area contributed by atoms with Crippen LogP contribution in [0.1, 0.15) is 5.56 Å². The SMILES string of the molecule is CSc1nnc(Sc2ncc([N+](=O)[O-])cc2C(N)=NO)s1. The van der Waals surface area contributed by atoms with E-state index in [0.29, 0.717) is 9.37 Å². The van der Waals surface area contributed by atoms with Gasteiger partial charge in [-0.3, -0.25) is 10.1 Å². The number of nitrogens with two attached hydrogens (primary N) is 1. The molecule has 110 valence electrons. The lowest BCUT2D eigenvalue weighted by Gasteiger charge is -2.04. The van der Waals surface area contributed by atoms with Crippen molar-refractivity contribution in [2.24, 2.45) is 10.9 Å². The van der Waals surface area contributed by atoms with E-state index in [4.69, 9.17) is 10.9 Å². The molecule has 0 spiro atoms. The van der Waals surface area contributed by atoms with Gasteiger partial charge in [-0.2, -0.15) is 0 Å². The van der Waals surface area contributed by atoms with Crippen LogP contribution in [0.2, 0.25) is 0 Å². The number of hydrogen-bond donors (Lipinski definition) is 2. The van der Waals surface area contributed by atoms with Crippen LogP contribution in [0.3, 0.4) is 0 Å². The summed E-state index contributed by atoms with van der Waals surface area (Å²) in [7, 11) is 0. The molecule has 0 fully saturated rings. The van der Waals surface area contributed by atoms with Crippen molar-refractivity contribution in [3.05, 3.63) is 27.9 Å². The molecule has 0 bridgehead atoms. The van der Waals surface area contributed by atoms with Crippen molar-refractivity contribution in [3.63, 3.8) is 0 Å². The first-order valence-corrected chi connectivity index (χ1v) is 8.08. The molecular formula is C9H8N6O3S3. The molecule has 21 heavy (non-hydrogen) atoms. The van der Waals surface area contributed by atoms with Crippen LogP contribution in [0, 0.1) is 10.1 Å². The Morgan fingerprint density at radius 3 is 2.81 bits per heavy atom. The van der Waals surface area contributed by atoms with Crippen molar-refractivity contribution in [1.29, 1.82) is 0 Å². The highest BCUT2D eigenvalue weighted by Crippen LogP contribution is 2.34. The Morgan fingerprint density at radius 2 is 2.24 bits per heavy atom. The number of thioether (sulfide) groups is 1. The Kier molecular flexibility index (Phi) is 4.93. The van der Waals surface area contributed by atoms with Crippen molar-refractivity contribution in [3.8, 4) is 0 Å². The second kappa shape index (κ2) is 6.69. The molecule has 0 aromatic carbocycles. The Bertz CT molecular complexity index is 704. The third kappa shape index (κ3) is 3.59. The number of nitro groups is 1. The lowest BCUT2D eigenvalue weighted by atomic mass is 10.2. The van der Waals surface area contributed by atoms with Gasteiger partial charge >= 0.3 is 0 Å². The van der Waals surface area contributed by atoms with Crippen LogP contribution in [0.4, 0.5) is 5.69 Å². The molecule has 0 saturated heterocycles. The number of hydrogen-bond acceptors (Lipinski definition) is 10. The Hall–Kier alpha value is -1.92. The van der Waals surface area contributed by atoms with Gasteiger partial charge in [0, 0.05) is 6.07 Å². The number of rotatable bonds is 5. The van der Waals surface area contributed by atoms with E-state index in [1.807, 2.05) is 6.26 Å². The summed E-state index contributed by atoms with van der Waals surface area (Å²) >= 11 is 3.95. The Labute approximate surface area is 130 Å². The zero-order valence-corrected chi connectivity index (χ0v) is 12.9. The van der Waals surface area contributed by atoms with E-state index in [0.717, 1.165) is 22.3 Å². The van der Waals surface area contributed by atoms with Crippen LogP contribution in [0.15, 0.2) is 31.1 Å². The minimum atomic E-state index is -0.605. The number of oxime groups is 1. The second-order valence-corrected chi connectivity index (χ2v) is 6.70. The topological polar surface area (TPSA) is 140 Å². The Balaban J connectivity index is 2.40. The zero-order chi connectivity index (χ0) is 15.4. The normalized spacial score (nSPS) is 11.6. The molecule has 3 N–H and O–H groups in total. The predicted octanol–water partition coefficient (Wildman–Crippen LogP) is 1.81. The average molecular weight is 344 g/mol. The second-order valence-electron chi connectivity index (χ2n) is 3.43. The summed E-state index contributed by atoms with van der Waals surface area (Å²) in [6.07, 6.45) is 2.98. The van der Waals surface area contributed by atoms with Gasteiger partial charge in [0.2, 0.25) is 0 Å². The molecule has 9 nitrogen and oxygen atoms in total. The van der Waals surface area contributed by atoms with Gasteiger partial charge in [0.1, 0.15) is 11.2 Å². The van der Waals surface area contributed by atoms with Crippen LogP contribution in [-0.2, 0) is 0 Å². The standard InChI is InChI=1S/C9H8N6O3S3/c1-19-8-12-13-9(21-8)20-7-5(6(10)14-16)2-4(3-11-7)15(17)18/h2-3,16H,1H3,(H2,10,14). The molecule has 0 aliphatic rings. The maximum atomic E-state index is 10.8. The molecule has 2 aromatic heterocycles. The van der Waals surface area contributed by atoms with Gasteiger partial charge in [-0.1, -0.05) is 28.3 Å². The van der Waals surface area contributed by atoms with E-state index in [-0.39, 0.29) is 17.1 Å². The maximum Gasteiger partial charge on any atom is 0.288 e. The summed E-state index contributed by atoms with van der Waals surface area (Å²) < 4.78 is 1.39. The van der Waals surface area contributed by atoms with Crippen molar-refractivity contribution in [2.75, 3.05) is 6.26 Å². The Morgan fingerprint density at radius 1 is 1.52 bits per heavy atom. The highest BCUT2D eigenvalue weighted by atomic mass is 32.2. The molecular weight excluding hydrogens is 336 g/mol. The lowest BCUT2D eigenvalue weighted by molar-refractivity contribution is -0.385. The third-order valence-electron chi connectivity index (χ3n) is 2.18. The first-order valence-electron chi connectivity index (χ1n) is 5.22. The van der Waals surface area contributed by atoms with Gasteiger partial charge < -0.3 is 10.9 Å². The first kappa shape index (κ1) is 15.5. The average Bonchev–Trinajstić information content (AvgIpc) is 2.94. The van der Waals surface area contributed by atoms with Crippen LogP contribution in [-0.4, -0.2) is 37.4 Å². The molecule has 0 saturated carbocycles. The first-order chi connectivity index (χ1) is 10.0. The largest absolute Gasteiger partial charge is 0.409 e. The molecule has 2 aromatic rings. The number of nitrogens with zero attached hydrogens (tertiary/aromatic N) is 5. The van der Waals surface area contributed by atoms with Crippen molar-refractivity contribution < 1.29 is 10.1 Å². The fraction of sp³-hybridized carbons (Fsp3) is 0.111. The van der Waals surface area contributed by atoms with Gasteiger partial charge in [-0.25, -0.2) is 4.98 Å². The monoisotopic (exact) mass is 344 g/mol. The molecule has 0 atom stereocenters. The van der Waals surface area contributed by atoms with Crippen molar-refractivity contribution >= 4 is 46.4 Å². The number of aromatic nitrogens is 3. The van der Waals surface area contributed by atoms with Crippen LogP contribution >= 0.6 is 34.9 Å². The molecule has 2 heterocycles. The molecule has 0 amide bonds. The van der Waals surface area contributed by atoms with Gasteiger partial charge in [0.25, 0.3) is 5.69 Å². The van der Waals surface area contributed by atoms with Crippen LogP contribution in [0.5, 0.6) is 0 Å².